The van der Waals surface area contributed by atoms with Crippen molar-refractivity contribution >= 4 is 12.0 Å². The number of aromatic amines is 1. The van der Waals surface area contributed by atoms with Crippen molar-refractivity contribution in [3.05, 3.63) is 11.6 Å². The number of nitrogens with one attached hydrogen (secondary N) is 2. The van der Waals surface area contributed by atoms with Crippen LogP contribution in [-0.2, 0) is 11.3 Å². The molecule has 1 heterocycles. The first-order valence-corrected chi connectivity index (χ1v) is 6.23. The summed E-state index contributed by atoms with van der Waals surface area (Å²) < 4.78 is 0. The van der Waals surface area contributed by atoms with E-state index in [0.717, 1.165) is 0 Å². The number of rotatable bonds is 4. The predicted octanol–water partition coefficient (Wildman–Crippen LogP) is 0.754. The summed E-state index contributed by atoms with van der Waals surface area (Å²) in [5, 5.41) is 18.3. The average molecular weight is 283 g/mol. The number of aliphatic carboxylic acids is 1. The standard InChI is InChI=1S/C12H21N5O3/c1-7-13-8(16-15-7)6-17(5)11(20)14-9(10(18)19)12(2,3)4/h9H,6H2,1-5H3,(H,14,20)(H,18,19)(H,13,15,16)/t9-/m0/s1. The number of H-pyrrole nitrogens is 1. The van der Waals surface area contributed by atoms with Gasteiger partial charge >= 0.3 is 12.0 Å². The third-order valence-electron chi connectivity index (χ3n) is 2.75. The lowest BCUT2D eigenvalue weighted by Gasteiger charge is -2.29. The fourth-order valence-corrected chi connectivity index (χ4v) is 1.63. The molecule has 1 aromatic heterocycles. The molecule has 1 atom stereocenters. The largest absolute Gasteiger partial charge is 0.480 e. The van der Waals surface area contributed by atoms with Crippen molar-refractivity contribution in [2.75, 3.05) is 7.05 Å². The van der Waals surface area contributed by atoms with Gasteiger partial charge in [-0.1, -0.05) is 20.8 Å². The highest BCUT2D eigenvalue weighted by Crippen LogP contribution is 2.19. The van der Waals surface area contributed by atoms with Gasteiger partial charge in [-0.2, -0.15) is 5.10 Å². The maximum Gasteiger partial charge on any atom is 0.326 e. The molecule has 112 valence electrons. The molecule has 0 unspecified atom stereocenters. The lowest BCUT2D eigenvalue weighted by Crippen LogP contribution is -2.52. The Morgan fingerprint density at radius 3 is 2.45 bits per heavy atom. The quantitative estimate of drug-likeness (QED) is 0.755. The van der Waals surface area contributed by atoms with E-state index in [2.05, 4.69) is 20.5 Å². The van der Waals surface area contributed by atoms with Crippen LogP contribution in [-0.4, -0.2) is 50.3 Å². The molecule has 1 aromatic rings. The Hall–Kier alpha value is -2.12. The number of hydrogen-bond donors (Lipinski definition) is 3. The fraction of sp³-hybridized carbons (Fsp3) is 0.667. The highest BCUT2D eigenvalue weighted by atomic mass is 16.4. The topological polar surface area (TPSA) is 111 Å². The van der Waals surface area contributed by atoms with E-state index in [0.29, 0.717) is 11.6 Å². The van der Waals surface area contributed by atoms with Crippen LogP contribution in [0.15, 0.2) is 0 Å². The van der Waals surface area contributed by atoms with Crippen LogP contribution in [0.4, 0.5) is 4.79 Å². The van der Waals surface area contributed by atoms with Crippen LogP contribution in [0.25, 0.3) is 0 Å². The number of carbonyl (C=O) groups is 2. The molecule has 1 rings (SSSR count). The van der Waals surface area contributed by atoms with Crippen molar-refractivity contribution in [3.8, 4) is 0 Å². The molecule has 0 aliphatic rings. The van der Waals surface area contributed by atoms with Crippen molar-refractivity contribution in [1.29, 1.82) is 0 Å². The summed E-state index contributed by atoms with van der Waals surface area (Å²) in [6.07, 6.45) is 0. The number of hydrogen-bond acceptors (Lipinski definition) is 4. The summed E-state index contributed by atoms with van der Waals surface area (Å²) in [6.45, 7) is 7.23. The second-order valence-corrected chi connectivity index (χ2v) is 5.78. The molecule has 0 saturated carbocycles. The van der Waals surface area contributed by atoms with E-state index in [4.69, 9.17) is 5.11 Å². The molecule has 0 bridgehead atoms. The van der Waals surface area contributed by atoms with Gasteiger partial charge in [0.05, 0.1) is 6.54 Å². The van der Waals surface area contributed by atoms with Crippen LogP contribution in [0.1, 0.15) is 32.4 Å². The van der Waals surface area contributed by atoms with Crippen molar-refractivity contribution in [3.63, 3.8) is 0 Å². The maximum atomic E-state index is 12.0. The molecule has 0 aliphatic heterocycles. The summed E-state index contributed by atoms with van der Waals surface area (Å²) in [6, 6.07) is -1.44. The molecule has 8 heteroatoms. The average Bonchev–Trinajstić information content (AvgIpc) is 2.69. The van der Waals surface area contributed by atoms with E-state index in [1.807, 2.05) is 0 Å². The number of amides is 2. The molecule has 0 aromatic carbocycles. The second kappa shape index (κ2) is 5.89. The monoisotopic (exact) mass is 283 g/mol. The minimum Gasteiger partial charge on any atom is -0.480 e. The normalized spacial score (nSPS) is 12.8. The highest BCUT2D eigenvalue weighted by Gasteiger charge is 2.33. The van der Waals surface area contributed by atoms with Crippen LogP contribution in [0.3, 0.4) is 0 Å². The third-order valence-corrected chi connectivity index (χ3v) is 2.75. The number of carboxylic acids is 1. The van der Waals surface area contributed by atoms with Gasteiger partial charge in [0.25, 0.3) is 0 Å². The lowest BCUT2D eigenvalue weighted by molar-refractivity contribution is -0.142. The molecule has 0 spiro atoms. The van der Waals surface area contributed by atoms with Gasteiger partial charge in [0.2, 0.25) is 0 Å². The zero-order chi connectivity index (χ0) is 15.5. The summed E-state index contributed by atoms with van der Waals surface area (Å²) in [7, 11) is 1.56. The molecule has 3 N–H and O–H groups in total. The van der Waals surface area contributed by atoms with Gasteiger partial charge in [-0.15, -0.1) is 0 Å². The first-order valence-electron chi connectivity index (χ1n) is 6.23. The predicted molar refractivity (Wildman–Crippen MR) is 72.0 cm³/mol. The molecule has 8 nitrogen and oxygen atoms in total. The second-order valence-electron chi connectivity index (χ2n) is 5.78. The summed E-state index contributed by atoms with van der Waals surface area (Å²) in [5.74, 6) is 0.0719. The van der Waals surface area contributed by atoms with E-state index in [9.17, 15) is 9.59 Å². The Morgan fingerprint density at radius 1 is 1.45 bits per heavy atom. The van der Waals surface area contributed by atoms with Crippen LogP contribution < -0.4 is 5.32 Å². The number of urea groups is 1. The molecular weight excluding hydrogens is 262 g/mol. The van der Waals surface area contributed by atoms with Gasteiger partial charge in [-0.3, -0.25) is 5.10 Å². The fourth-order valence-electron chi connectivity index (χ4n) is 1.63. The number of nitrogens with zero attached hydrogens (tertiary/aromatic N) is 3. The Morgan fingerprint density at radius 2 is 2.05 bits per heavy atom. The first kappa shape index (κ1) is 15.9. The zero-order valence-electron chi connectivity index (χ0n) is 12.4. The van der Waals surface area contributed by atoms with Gasteiger partial charge in [-0.05, 0) is 12.3 Å². The molecule has 2 amide bonds. The minimum absolute atomic E-state index is 0.201. The van der Waals surface area contributed by atoms with Crippen LogP contribution in [0, 0.1) is 12.3 Å². The number of aryl methyl sites for hydroxylation is 1. The summed E-state index contributed by atoms with van der Waals surface area (Å²) in [4.78, 5) is 28.6. The van der Waals surface area contributed by atoms with E-state index in [1.165, 1.54) is 4.90 Å². The third kappa shape index (κ3) is 4.22. The van der Waals surface area contributed by atoms with Gasteiger partial charge in [0.15, 0.2) is 5.82 Å². The van der Waals surface area contributed by atoms with Gasteiger partial charge in [0.1, 0.15) is 11.9 Å². The van der Waals surface area contributed by atoms with E-state index in [1.54, 1.807) is 34.7 Å². The number of carbonyl (C=O) groups excluding carboxylic acids is 1. The highest BCUT2D eigenvalue weighted by molar-refractivity contribution is 5.83. The Labute approximate surface area is 117 Å². The minimum atomic E-state index is -1.06. The number of aromatic nitrogens is 3. The smallest absolute Gasteiger partial charge is 0.326 e. The van der Waals surface area contributed by atoms with Gasteiger partial charge in [-0.25, -0.2) is 14.6 Å². The SMILES string of the molecule is Cc1nc(CN(C)C(=O)N[C@@H](C(=O)O)C(C)(C)C)n[nH]1. The maximum absolute atomic E-state index is 12.0. The van der Waals surface area contributed by atoms with Gasteiger partial charge < -0.3 is 15.3 Å². The Bertz CT molecular complexity index is 492. The van der Waals surface area contributed by atoms with E-state index < -0.39 is 23.5 Å². The van der Waals surface area contributed by atoms with Crippen LogP contribution >= 0.6 is 0 Å². The Kier molecular flexibility index (Phi) is 4.69. The Balaban J connectivity index is 2.67. The van der Waals surface area contributed by atoms with Gasteiger partial charge in [0, 0.05) is 7.05 Å². The molecule has 0 aliphatic carbocycles. The van der Waals surface area contributed by atoms with Crippen molar-refractivity contribution < 1.29 is 14.7 Å². The first-order chi connectivity index (χ1) is 9.11. The lowest BCUT2D eigenvalue weighted by atomic mass is 9.87. The summed E-state index contributed by atoms with van der Waals surface area (Å²) in [5.41, 5.74) is -0.580. The molecule has 0 radical (unpaired) electrons. The number of carboxylic acid groups (broad SMARTS) is 1. The molecule has 20 heavy (non-hydrogen) atoms. The summed E-state index contributed by atoms with van der Waals surface area (Å²) >= 11 is 0. The zero-order valence-corrected chi connectivity index (χ0v) is 12.4. The van der Waals surface area contributed by atoms with E-state index >= 15 is 0 Å². The molecule has 0 saturated heterocycles. The molecular formula is C12H21N5O3. The van der Waals surface area contributed by atoms with E-state index in [-0.39, 0.29) is 6.54 Å². The molecule has 0 fully saturated rings. The van der Waals surface area contributed by atoms with Crippen LogP contribution in [0.2, 0.25) is 0 Å². The van der Waals surface area contributed by atoms with Crippen molar-refractivity contribution in [2.24, 2.45) is 5.41 Å². The van der Waals surface area contributed by atoms with Crippen molar-refractivity contribution in [2.45, 2.75) is 40.3 Å². The van der Waals surface area contributed by atoms with Crippen molar-refractivity contribution in [1.82, 2.24) is 25.4 Å². The van der Waals surface area contributed by atoms with Crippen LogP contribution in [0.5, 0.6) is 0 Å².